The zero-order chi connectivity index (χ0) is 15.2. The number of amides is 1. The van der Waals surface area contributed by atoms with Gasteiger partial charge in [-0.05, 0) is 19.1 Å². The van der Waals surface area contributed by atoms with Crippen LogP contribution in [-0.2, 0) is 14.3 Å². The second-order valence-corrected chi connectivity index (χ2v) is 4.63. The molecule has 1 unspecified atom stereocenters. The Morgan fingerprint density at radius 2 is 1.90 bits per heavy atom. The molecule has 0 fully saturated rings. The van der Waals surface area contributed by atoms with Crippen LogP contribution in [0.3, 0.4) is 0 Å². The maximum atomic E-state index is 11.8. The minimum absolute atomic E-state index is 0.271. The van der Waals surface area contributed by atoms with Gasteiger partial charge in [0.25, 0.3) is 0 Å². The SMILES string of the molecule is COc1ccccc1NC(C)(CC(OC)OC)C(N)=O. The van der Waals surface area contributed by atoms with Gasteiger partial charge in [-0.3, -0.25) is 4.79 Å². The molecule has 0 aliphatic rings. The smallest absolute Gasteiger partial charge is 0.243 e. The average Bonchev–Trinajstić information content (AvgIpc) is 2.45. The minimum atomic E-state index is -1.02. The average molecular weight is 282 g/mol. The molecular weight excluding hydrogens is 260 g/mol. The molecule has 0 radical (unpaired) electrons. The van der Waals surface area contributed by atoms with Crippen molar-refractivity contribution in [2.75, 3.05) is 26.6 Å². The van der Waals surface area contributed by atoms with Gasteiger partial charge in [0, 0.05) is 20.6 Å². The summed E-state index contributed by atoms with van der Waals surface area (Å²) in [6, 6.07) is 7.30. The molecule has 0 aliphatic carbocycles. The van der Waals surface area contributed by atoms with E-state index in [1.807, 2.05) is 18.2 Å². The fourth-order valence-corrected chi connectivity index (χ4v) is 1.85. The molecule has 0 saturated heterocycles. The van der Waals surface area contributed by atoms with E-state index >= 15 is 0 Å². The number of nitrogens with two attached hydrogens (primary N) is 1. The Morgan fingerprint density at radius 1 is 1.30 bits per heavy atom. The topological polar surface area (TPSA) is 82.8 Å². The van der Waals surface area contributed by atoms with Gasteiger partial charge in [-0.2, -0.15) is 0 Å². The third-order valence-corrected chi connectivity index (χ3v) is 3.16. The molecule has 6 nitrogen and oxygen atoms in total. The van der Waals surface area contributed by atoms with Crippen LogP contribution in [0.4, 0.5) is 5.69 Å². The van der Waals surface area contributed by atoms with E-state index in [9.17, 15) is 4.79 Å². The van der Waals surface area contributed by atoms with E-state index < -0.39 is 17.7 Å². The predicted octanol–water partition coefficient (Wildman–Crippen LogP) is 1.36. The van der Waals surface area contributed by atoms with Crippen LogP contribution >= 0.6 is 0 Å². The maximum Gasteiger partial charge on any atom is 0.243 e. The number of hydrogen-bond donors (Lipinski definition) is 2. The molecule has 6 heteroatoms. The quantitative estimate of drug-likeness (QED) is 0.703. The van der Waals surface area contributed by atoms with Gasteiger partial charge < -0.3 is 25.3 Å². The van der Waals surface area contributed by atoms with Gasteiger partial charge in [0.15, 0.2) is 6.29 Å². The van der Waals surface area contributed by atoms with Crippen molar-refractivity contribution in [3.05, 3.63) is 24.3 Å². The van der Waals surface area contributed by atoms with E-state index in [-0.39, 0.29) is 6.42 Å². The summed E-state index contributed by atoms with van der Waals surface area (Å²) in [5.41, 5.74) is 5.17. The summed E-state index contributed by atoms with van der Waals surface area (Å²) in [6.07, 6.45) is -0.261. The third kappa shape index (κ3) is 3.85. The van der Waals surface area contributed by atoms with Crippen LogP contribution in [-0.4, -0.2) is 39.1 Å². The number of rotatable bonds is 8. The lowest BCUT2D eigenvalue weighted by atomic mass is 9.95. The Hall–Kier alpha value is -1.79. The number of carbonyl (C=O) groups is 1. The van der Waals surface area contributed by atoms with E-state index in [1.165, 1.54) is 14.2 Å². The molecule has 0 spiro atoms. The van der Waals surface area contributed by atoms with Gasteiger partial charge in [-0.25, -0.2) is 0 Å². The van der Waals surface area contributed by atoms with Crippen LogP contribution in [0.15, 0.2) is 24.3 Å². The largest absolute Gasteiger partial charge is 0.495 e. The van der Waals surface area contributed by atoms with Crippen molar-refractivity contribution >= 4 is 11.6 Å². The standard InChI is InChI=1S/C14H22N2O4/c1-14(13(15)17,9-12(19-3)20-4)16-10-7-5-6-8-11(10)18-2/h5-8,12,16H,9H2,1-4H3,(H2,15,17). The lowest BCUT2D eigenvalue weighted by Gasteiger charge is -2.31. The van der Waals surface area contributed by atoms with Crippen LogP contribution < -0.4 is 15.8 Å². The van der Waals surface area contributed by atoms with E-state index in [2.05, 4.69) is 5.32 Å². The summed E-state index contributed by atoms with van der Waals surface area (Å²) in [4.78, 5) is 11.8. The summed E-state index contributed by atoms with van der Waals surface area (Å²) in [5.74, 6) is 0.133. The fourth-order valence-electron chi connectivity index (χ4n) is 1.85. The number of carbonyl (C=O) groups excluding carboxylic acids is 1. The third-order valence-electron chi connectivity index (χ3n) is 3.16. The molecular formula is C14H22N2O4. The van der Waals surface area contributed by atoms with Gasteiger partial charge in [0.05, 0.1) is 12.8 Å². The highest BCUT2D eigenvalue weighted by atomic mass is 16.7. The number of para-hydroxylation sites is 2. The van der Waals surface area contributed by atoms with Crippen molar-refractivity contribution in [2.45, 2.75) is 25.2 Å². The van der Waals surface area contributed by atoms with E-state index in [0.717, 1.165) is 0 Å². The van der Waals surface area contributed by atoms with Crippen molar-refractivity contribution in [3.8, 4) is 5.75 Å². The molecule has 1 aromatic carbocycles. The summed E-state index contributed by atoms with van der Waals surface area (Å²) >= 11 is 0. The van der Waals surface area contributed by atoms with Gasteiger partial charge in [0.1, 0.15) is 11.3 Å². The number of hydrogen-bond acceptors (Lipinski definition) is 5. The van der Waals surface area contributed by atoms with Crippen LogP contribution in [0.2, 0.25) is 0 Å². The Kier molecular flexibility index (Phi) is 5.79. The van der Waals surface area contributed by atoms with Gasteiger partial charge in [-0.1, -0.05) is 12.1 Å². The molecule has 1 atom stereocenters. The molecule has 112 valence electrons. The van der Waals surface area contributed by atoms with E-state index in [4.69, 9.17) is 19.9 Å². The van der Waals surface area contributed by atoms with Gasteiger partial charge >= 0.3 is 0 Å². The molecule has 0 aromatic heterocycles. The monoisotopic (exact) mass is 282 g/mol. The number of methoxy groups -OCH3 is 3. The minimum Gasteiger partial charge on any atom is -0.495 e. The predicted molar refractivity (Wildman–Crippen MR) is 76.6 cm³/mol. The molecule has 1 rings (SSSR count). The highest BCUT2D eigenvalue weighted by molar-refractivity contribution is 5.88. The molecule has 0 aliphatic heterocycles. The van der Waals surface area contributed by atoms with Crippen LogP contribution in [0, 0.1) is 0 Å². The van der Waals surface area contributed by atoms with Crippen LogP contribution in [0.1, 0.15) is 13.3 Å². The number of anilines is 1. The number of primary amides is 1. The van der Waals surface area contributed by atoms with Crippen molar-refractivity contribution < 1.29 is 19.0 Å². The Balaban J connectivity index is 2.99. The molecule has 3 N–H and O–H groups in total. The highest BCUT2D eigenvalue weighted by Crippen LogP contribution is 2.28. The first-order valence-corrected chi connectivity index (χ1v) is 6.23. The maximum absolute atomic E-state index is 11.8. The molecule has 0 saturated carbocycles. The van der Waals surface area contributed by atoms with Crippen molar-refractivity contribution in [3.63, 3.8) is 0 Å². The molecule has 0 bridgehead atoms. The molecule has 1 amide bonds. The van der Waals surface area contributed by atoms with Crippen LogP contribution in [0.25, 0.3) is 0 Å². The Bertz CT molecular complexity index is 449. The van der Waals surface area contributed by atoms with Crippen LogP contribution in [0.5, 0.6) is 5.75 Å². The Morgan fingerprint density at radius 3 is 2.40 bits per heavy atom. The Labute approximate surface area is 119 Å². The normalized spacial score (nSPS) is 13.8. The summed E-state index contributed by atoms with van der Waals surface area (Å²) in [6.45, 7) is 1.70. The number of nitrogens with one attached hydrogen (secondary N) is 1. The lowest BCUT2D eigenvalue weighted by molar-refractivity contribution is -0.134. The first-order valence-electron chi connectivity index (χ1n) is 6.23. The lowest BCUT2D eigenvalue weighted by Crippen LogP contribution is -2.50. The molecule has 1 aromatic rings. The van der Waals surface area contributed by atoms with Crippen molar-refractivity contribution in [1.29, 1.82) is 0 Å². The van der Waals surface area contributed by atoms with Gasteiger partial charge in [0.2, 0.25) is 5.91 Å². The first-order chi connectivity index (χ1) is 9.46. The fraction of sp³-hybridized carbons (Fsp3) is 0.500. The molecule has 20 heavy (non-hydrogen) atoms. The zero-order valence-corrected chi connectivity index (χ0v) is 12.3. The zero-order valence-electron chi connectivity index (χ0n) is 12.3. The number of ether oxygens (including phenoxy) is 3. The molecule has 0 heterocycles. The van der Waals surface area contributed by atoms with Crippen molar-refractivity contribution in [1.82, 2.24) is 0 Å². The van der Waals surface area contributed by atoms with E-state index in [1.54, 1.807) is 20.1 Å². The second kappa shape index (κ2) is 7.12. The highest BCUT2D eigenvalue weighted by Gasteiger charge is 2.35. The van der Waals surface area contributed by atoms with Crippen molar-refractivity contribution in [2.24, 2.45) is 5.73 Å². The van der Waals surface area contributed by atoms with E-state index in [0.29, 0.717) is 11.4 Å². The summed E-state index contributed by atoms with van der Waals surface area (Å²) < 4.78 is 15.5. The van der Waals surface area contributed by atoms with Gasteiger partial charge in [-0.15, -0.1) is 0 Å². The first kappa shape index (κ1) is 16.3. The second-order valence-electron chi connectivity index (χ2n) is 4.63. The number of benzene rings is 1. The summed E-state index contributed by atoms with van der Waals surface area (Å²) in [7, 11) is 4.59. The summed E-state index contributed by atoms with van der Waals surface area (Å²) in [5, 5.41) is 3.11.